The van der Waals surface area contributed by atoms with Crippen molar-refractivity contribution in [2.45, 2.75) is 38.5 Å². The highest BCUT2D eigenvalue weighted by Crippen LogP contribution is 2.25. The molecule has 1 aromatic heterocycles. The van der Waals surface area contributed by atoms with E-state index in [2.05, 4.69) is 22.4 Å². The number of aryl methyl sites for hydroxylation is 1. The molecule has 2 heterocycles. The number of hydrogen-bond acceptors (Lipinski definition) is 5. The molecule has 0 bridgehead atoms. The van der Waals surface area contributed by atoms with Gasteiger partial charge in [0.05, 0.1) is 0 Å². The van der Waals surface area contributed by atoms with Crippen LogP contribution in [0.4, 0.5) is 0 Å². The van der Waals surface area contributed by atoms with Crippen molar-refractivity contribution in [3.63, 3.8) is 0 Å². The largest absolute Gasteiger partial charge is 0.425 e. The van der Waals surface area contributed by atoms with Crippen LogP contribution in [0.25, 0.3) is 0 Å². The highest BCUT2D eigenvalue weighted by atomic mass is 16.5. The molecule has 5 nitrogen and oxygen atoms in total. The molecule has 1 saturated heterocycles. The first-order chi connectivity index (χ1) is 8.40. The lowest BCUT2D eigenvalue weighted by Crippen LogP contribution is -2.14. The normalized spacial score (nSPS) is 17.5. The quantitative estimate of drug-likeness (QED) is 0.762. The predicted molar refractivity (Wildman–Crippen MR) is 64.0 cm³/mol. The van der Waals surface area contributed by atoms with Gasteiger partial charge in [0.25, 0.3) is 0 Å². The third kappa shape index (κ3) is 3.78. The molecular formula is C12H21N3O2. The molecule has 0 aromatic carbocycles. The molecular weight excluding hydrogens is 218 g/mol. The molecule has 0 aliphatic carbocycles. The van der Waals surface area contributed by atoms with E-state index in [0.717, 1.165) is 63.8 Å². The Hall–Kier alpha value is -0.940. The van der Waals surface area contributed by atoms with Gasteiger partial charge in [-0.1, -0.05) is 6.92 Å². The minimum absolute atomic E-state index is 0.402. The maximum atomic E-state index is 5.70. The van der Waals surface area contributed by atoms with Gasteiger partial charge in [0.15, 0.2) is 0 Å². The SMILES string of the molecule is CCNCCCc1nnc(C2CCOCC2)o1. The summed E-state index contributed by atoms with van der Waals surface area (Å²) in [4.78, 5) is 0. The third-order valence-electron chi connectivity index (χ3n) is 3.05. The van der Waals surface area contributed by atoms with Crippen molar-refractivity contribution in [2.24, 2.45) is 0 Å². The Bertz CT molecular complexity index is 321. The van der Waals surface area contributed by atoms with Crippen LogP contribution in [0.2, 0.25) is 0 Å². The number of aromatic nitrogens is 2. The van der Waals surface area contributed by atoms with E-state index < -0.39 is 0 Å². The van der Waals surface area contributed by atoms with Crippen LogP contribution >= 0.6 is 0 Å². The summed E-state index contributed by atoms with van der Waals surface area (Å²) in [7, 11) is 0. The summed E-state index contributed by atoms with van der Waals surface area (Å²) in [5, 5.41) is 11.5. The topological polar surface area (TPSA) is 60.2 Å². The second-order valence-corrected chi connectivity index (χ2v) is 4.38. The van der Waals surface area contributed by atoms with Gasteiger partial charge < -0.3 is 14.5 Å². The van der Waals surface area contributed by atoms with E-state index in [4.69, 9.17) is 9.15 Å². The third-order valence-corrected chi connectivity index (χ3v) is 3.05. The van der Waals surface area contributed by atoms with E-state index in [1.54, 1.807) is 0 Å². The lowest BCUT2D eigenvalue weighted by molar-refractivity contribution is 0.0791. The van der Waals surface area contributed by atoms with Crippen LogP contribution in [0.1, 0.15) is 43.9 Å². The summed E-state index contributed by atoms with van der Waals surface area (Å²) in [6, 6.07) is 0. The first-order valence-electron chi connectivity index (χ1n) is 6.51. The summed E-state index contributed by atoms with van der Waals surface area (Å²) >= 11 is 0. The van der Waals surface area contributed by atoms with Crippen molar-refractivity contribution in [1.82, 2.24) is 15.5 Å². The van der Waals surface area contributed by atoms with Crippen LogP contribution in [-0.4, -0.2) is 36.5 Å². The molecule has 0 radical (unpaired) electrons. The van der Waals surface area contributed by atoms with Crippen molar-refractivity contribution in [2.75, 3.05) is 26.3 Å². The Morgan fingerprint density at radius 2 is 2.12 bits per heavy atom. The molecule has 17 heavy (non-hydrogen) atoms. The number of nitrogens with zero attached hydrogens (tertiary/aromatic N) is 2. The van der Waals surface area contributed by atoms with Gasteiger partial charge in [-0.3, -0.25) is 0 Å². The summed E-state index contributed by atoms with van der Waals surface area (Å²) in [5.41, 5.74) is 0. The first kappa shape index (κ1) is 12.5. The van der Waals surface area contributed by atoms with E-state index >= 15 is 0 Å². The van der Waals surface area contributed by atoms with Crippen LogP contribution in [-0.2, 0) is 11.2 Å². The molecule has 1 aliphatic heterocycles. The molecule has 1 N–H and O–H groups in total. The fourth-order valence-corrected chi connectivity index (χ4v) is 2.02. The van der Waals surface area contributed by atoms with Crippen LogP contribution in [0, 0.1) is 0 Å². The monoisotopic (exact) mass is 239 g/mol. The van der Waals surface area contributed by atoms with Gasteiger partial charge in [-0.05, 0) is 32.4 Å². The summed E-state index contributed by atoms with van der Waals surface area (Å²) in [6.07, 6.45) is 3.91. The summed E-state index contributed by atoms with van der Waals surface area (Å²) in [6.45, 7) is 5.74. The van der Waals surface area contributed by atoms with Gasteiger partial charge in [0.1, 0.15) is 0 Å². The lowest BCUT2D eigenvalue weighted by atomic mass is 10.0. The predicted octanol–water partition coefficient (Wildman–Crippen LogP) is 1.51. The van der Waals surface area contributed by atoms with Crippen LogP contribution in [0.3, 0.4) is 0 Å². The van der Waals surface area contributed by atoms with Gasteiger partial charge in [-0.15, -0.1) is 10.2 Å². The van der Waals surface area contributed by atoms with Crippen molar-refractivity contribution < 1.29 is 9.15 Å². The van der Waals surface area contributed by atoms with E-state index in [1.165, 1.54) is 0 Å². The van der Waals surface area contributed by atoms with E-state index in [9.17, 15) is 0 Å². The van der Waals surface area contributed by atoms with Crippen molar-refractivity contribution >= 4 is 0 Å². The molecule has 0 atom stereocenters. The van der Waals surface area contributed by atoms with E-state index in [1.807, 2.05) is 0 Å². The highest BCUT2D eigenvalue weighted by Gasteiger charge is 2.21. The molecule has 5 heteroatoms. The number of hydrogen-bond donors (Lipinski definition) is 1. The van der Waals surface area contributed by atoms with E-state index in [-0.39, 0.29) is 0 Å². The van der Waals surface area contributed by atoms with Gasteiger partial charge in [-0.2, -0.15) is 0 Å². The van der Waals surface area contributed by atoms with Gasteiger partial charge in [0.2, 0.25) is 11.8 Å². The van der Waals surface area contributed by atoms with Gasteiger partial charge in [0, 0.05) is 25.6 Å². The standard InChI is InChI=1S/C12H21N3O2/c1-2-13-7-3-4-11-14-15-12(17-11)10-5-8-16-9-6-10/h10,13H,2-9H2,1H3. The van der Waals surface area contributed by atoms with E-state index in [0.29, 0.717) is 5.92 Å². The average molecular weight is 239 g/mol. The van der Waals surface area contributed by atoms with Crippen LogP contribution in [0.15, 0.2) is 4.42 Å². The molecule has 0 amide bonds. The Balaban J connectivity index is 1.78. The number of ether oxygens (including phenoxy) is 1. The summed E-state index contributed by atoms with van der Waals surface area (Å²) in [5.74, 6) is 1.97. The van der Waals surface area contributed by atoms with Crippen LogP contribution in [0.5, 0.6) is 0 Å². The minimum Gasteiger partial charge on any atom is -0.425 e. The zero-order valence-electron chi connectivity index (χ0n) is 10.4. The summed E-state index contributed by atoms with van der Waals surface area (Å²) < 4.78 is 11.0. The van der Waals surface area contributed by atoms with Crippen molar-refractivity contribution in [3.05, 3.63) is 11.8 Å². The Morgan fingerprint density at radius 3 is 2.88 bits per heavy atom. The zero-order chi connectivity index (χ0) is 11.9. The van der Waals surface area contributed by atoms with Crippen LogP contribution < -0.4 is 5.32 Å². The Kier molecular flexibility index (Phi) is 4.94. The molecule has 1 fully saturated rings. The Labute approximate surface area is 102 Å². The van der Waals surface area contributed by atoms with Gasteiger partial charge in [-0.25, -0.2) is 0 Å². The fraction of sp³-hybridized carbons (Fsp3) is 0.833. The smallest absolute Gasteiger partial charge is 0.219 e. The molecule has 0 unspecified atom stereocenters. The molecule has 1 aliphatic rings. The first-order valence-corrected chi connectivity index (χ1v) is 6.51. The maximum absolute atomic E-state index is 5.70. The van der Waals surface area contributed by atoms with Crippen molar-refractivity contribution in [3.8, 4) is 0 Å². The second kappa shape index (κ2) is 6.71. The highest BCUT2D eigenvalue weighted by molar-refractivity contribution is 4.92. The average Bonchev–Trinajstić information content (AvgIpc) is 2.85. The molecule has 0 spiro atoms. The minimum atomic E-state index is 0.402. The van der Waals surface area contributed by atoms with Crippen molar-refractivity contribution in [1.29, 1.82) is 0 Å². The Morgan fingerprint density at radius 1 is 1.29 bits per heavy atom. The number of nitrogens with one attached hydrogen (secondary N) is 1. The fourth-order valence-electron chi connectivity index (χ4n) is 2.02. The second-order valence-electron chi connectivity index (χ2n) is 4.38. The lowest BCUT2D eigenvalue weighted by Gasteiger charge is -2.18. The molecule has 2 rings (SSSR count). The molecule has 1 aromatic rings. The maximum Gasteiger partial charge on any atom is 0.219 e. The van der Waals surface area contributed by atoms with Gasteiger partial charge >= 0.3 is 0 Å². The molecule has 0 saturated carbocycles. The zero-order valence-corrected chi connectivity index (χ0v) is 10.4. The number of rotatable bonds is 6. The molecule has 96 valence electrons.